The number of aliphatic imine (C=N–C) groups is 1. The van der Waals surface area contributed by atoms with Gasteiger partial charge in [0.2, 0.25) is 5.90 Å². The highest BCUT2D eigenvalue weighted by atomic mass is 19.1. The Kier molecular flexibility index (Phi) is 4.69. The number of carbonyl (C=O) groups is 1. The van der Waals surface area contributed by atoms with E-state index in [1.165, 1.54) is 6.07 Å². The molecule has 1 atom stereocenters. The third-order valence-electron chi connectivity index (χ3n) is 3.53. The highest BCUT2D eigenvalue weighted by Gasteiger charge is 2.31. The molecule has 0 fully saturated rings. The molecule has 2 aromatic carbocycles. The molecule has 3 rings (SSSR count). The normalized spacial score (nSPS) is 16.0. The summed E-state index contributed by atoms with van der Waals surface area (Å²) in [6.07, 6.45) is 0. The lowest BCUT2D eigenvalue weighted by Crippen LogP contribution is -2.22. The van der Waals surface area contributed by atoms with Crippen LogP contribution in [0.1, 0.15) is 11.1 Å². The van der Waals surface area contributed by atoms with Gasteiger partial charge in [-0.05, 0) is 17.7 Å². The molecule has 0 amide bonds. The zero-order valence-electron chi connectivity index (χ0n) is 12.9. The molecule has 0 N–H and O–H groups in total. The summed E-state index contributed by atoms with van der Waals surface area (Å²) in [7, 11) is 0. The molecule has 8 heteroatoms. The Labute approximate surface area is 141 Å². The Morgan fingerprint density at radius 1 is 1.32 bits per heavy atom. The van der Waals surface area contributed by atoms with E-state index in [9.17, 15) is 19.3 Å². The first-order valence-corrected chi connectivity index (χ1v) is 7.40. The van der Waals surface area contributed by atoms with Crippen LogP contribution < -0.4 is 0 Å². The fourth-order valence-electron chi connectivity index (χ4n) is 2.30. The SMILES string of the molecule is O=C(OCc1ccccc1)[C@@H]1COC(c2ccc(F)cc2[N+](=O)[O-])=N1. The fourth-order valence-corrected chi connectivity index (χ4v) is 2.30. The first-order valence-electron chi connectivity index (χ1n) is 7.40. The van der Waals surface area contributed by atoms with Crippen molar-refractivity contribution < 1.29 is 23.6 Å². The lowest BCUT2D eigenvalue weighted by molar-refractivity contribution is -0.385. The molecule has 0 aromatic heterocycles. The third kappa shape index (κ3) is 3.79. The minimum absolute atomic E-state index is 0.0183. The minimum Gasteiger partial charge on any atom is -0.474 e. The van der Waals surface area contributed by atoms with Crippen molar-refractivity contribution in [2.75, 3.05) is 6.61 Å². The lowest BCUT2D eigenvalue weighted by atomic mass is 10.1. The van der Waals surface area contributed by atoms with Crippen molar-refractivity contribution in [3.8, 4) is 0 Å². The molecule has 0 aliphatic carbocycles. The molecule has 0 radical (unpaired) electrons. The number of ether oxygens (including phenoxy) is 2. The molecule has 128 valence electrons. The van der Waals surface area contributed by atoms with Crippen LogP contribution in [0.15, 0.2) is 53.5 Å². The molecule has 0 saturated heterocycles. The van der Waals surface area contributed by atoms with Gasteiger partial charge < -0.3 is 9.47 Å². The van der Waals surface area contributed by atoms with E-state index >= 15 is 0 Å². The molecule has 0 bridgehead atoms. The molecular weight excluding hydrogens is 331 g/mol. The number of rotatable bonds is 5. The number of halogens is 1. The van der Waals surface area contributed by atoms with Crippen LogP contribution in [0.5, 0.6) is 0 Å². The molecule has 1 aliphatic heterocycles. The summed E-state index contributed by atoms with van der Waals surface area (Å²) in [4.78, 5) is 26.4. The number of hydrogen-bond acceptors (Lipinski definition) is 6. The zero-order valence-corrected chi connectivity index (χ0v) is 12.9. The first kappa shape index (κ1) is 16.6. The second-order valence-corrected chi connectivity index (χ2v) is 5.27. The van der Waals surface area contributed by atoms with Crippen molar-refractivity contribution in [3.63, 3.8) is 0 Å². The number of carbonyl (C=O) groups excluding carboxylic acids is 1. The Morgan fingerprint density at radius 2 is 2.08 bits per heavy atom. The van der Waals surface area contributed by atoms with E-state index in [2.05, 4.69) is 4.99 Å². The Hall–Kier alpha value is -3.29. The zero-order chi connectivity index (χ0) is 17.8. The summed E-state index contributed by atoms with van der Waals surface area (Å²) in [6.45, 7) is 0.00914. The average molecular weight is 344 g/mol. The minimum atomic E-state index is -0.914. The molecular formula is C17H13FN2O5. The topological polar surface area (TPSA) is 91.0 Å². The van der Waals surface area contributed by atoms with Crippen LogP contribution in [0.4, 0.5) is 10.1 Å². The molecule has 0 spiro atoms. The van der Waals surface area contributed by atoms with E-state index in [0.29, 0.717) is 0 Å². The molecule has 2 aromatic rings. The Bertz CT molecular complexity index is 838. The number of nitro benzene ring substituents is 1. The van der Waals surface area contributed by atoms with Gasteiger partial charge in [-0.15, -0.1) is 0 Å². The van der Waals surface area contributed by atoms with Crippen LogP contribution in [0.2, 0.25) is 0 Å². The maximum Gasteiger partial charge on any atom is 0.334 e. The largest absolute Gasteiger partial charge is 0.474 e. The van der Waals surface area contributed by atoms with Gasteiger partial charge in [-0.25, -0.2) is 14.2 Å². The quantitative estimate of drug-likeness (QED) is 0.472. The fraction of sp³-hybridized carbons (Fsp3) is 0.176. The van der Waals surface area contributed by atoms with Gasteiger partial charge in [0, 0.05) is 0 Å². The molecule has 0 saturated carbocycles. The smallest absolute Gasteiger partial charge is 0.334 e. The van der Waals surface area contributed by atoms with E-state index in [1.807, 2.05) is 30.3 Å². The maximum absolute atomic E-state index is 13.2. The van der Waals surface area contributed by atoms with Crippen LogP contribution in [0, 0.1) is 15.9 Å². The van der Waals surface area contributed by atoms with Crippen LogP contribution in [0.3, 0.4) is 0 Å². The molecule has 1 aliphatic rings. The van der Waals surface area contributed by atoms with Gasteiger partial charge in [-0.2, -0.15) is 0 Å². The van der Waals surface area contributed by atoms with Crippen LogP contribution in [-0.2, 0) is 20.9 Å². The summed E-state index contributed by atoms with van der Waals surface area (Å²) in [5, 5.41) is 11.0. The van der Waals surface area contributed by atoms with Crippen molar-refractivity contribution in [2.45, 2.75) is 12.6 Å². The van der Waals surface area contributed by atoms with Gasteiger partial charge in [0.25, 0.3) is 5.69 Å². The van der Waals surface area contributed by atoms with E-state index in [0.717, 1.165) is 17.7 Å². The summed E-state index contributed by atoms with van der Waals surface area (Å²) < 4.78 is 23.7. The summed E-state index contributed by atoms with van der Waals surface area (Å²) in [5.74, 6) is -1.41. The molecule has 7 nitrogen and oxygen atoms in total. The predicted molar refractivity (Wildman–Crippen MR) is 85.6 cm³/mol. The number of nitro groups is 1. The summed E-state index contributed by atoms with van der Waals surface area (Å²) in [6, 6.07) is 11.3. The van der Waals surface area contributed by atoms with E-state index in [-0.39, 0.29) is 24.7 Å². The standard InChI is InChI=1S/C17H13FN2O5/c18-12-6-7-13(15(8-12)20(22)23)16-19-14(10-24-16)17(21)25-9-11-4-2-1-3-5-11/h1-8,14H,9-10H2/t14-/m0/s1. The van der Waals surface area contributed by atoms with Crippen molar-refractivity contribution in [1.82, 2.24) is 0 Å². The van der Waals surface area contributed by atoms with Gasteiger partial charge >= 0.3 is 5.97 Å². The van der Waals surface area contributed by atoms with E-state index in [4.69, 9.17) is 9.47 Å². The molecule has 0 unspecified atom stereocenters. The number of esters is 1. The monoisotopic (exact) mass is 344 g/mol. The second kappa shape index (κ2) is 7.08. The van der Waals surface area contributed by atoms with E-state index in [1.54, 1.807) is 0 Å². The average Bonchev–Trinajstić information content (AvgIpc) is 3.10. The Morgan fingerprint density at radius 3 is 2.80 bits per heavy atom. The van der Waals surface area contributed by atoms with Gasteiger partial charge in [-0.3, -0.25) is 10.1 Å². The van der Waals surface area contributed by atoms with Gasteiger partial charge in [0.15, 0.2) is 6.04 Å². The van der Waals surface area contributed by atoms with Crippen LogP contribution in [0.25, 0.3) is 0 Å². The molecule has 25 heavy (non-hydrogen) atoms. The van der Waals surface area contributed by atoms with Crippen molar-refractivity contribution in [2.24, 2.45) is 4.99 Å². The van der Waals surface area contributed by atoms with Gasteiger partial charge in [0.1, 0.15) is 24.6 Å². The maximum atomic E-state index is 13.2. The number of nitrogens with zero attached hydrogens (tertiary/aromatic N) is 2. The second-order valence-electron chi connectivity index (χ2n) is 5.27. The van der Waals surface area contributed by atoms with Gasteiger partial charge in [-0.1, -0.05) is 30.3 Å². The number of hydrogen-bond donors (Lipinski definition) is 0. The van der Waals surface area contributed by atoms with E-state index < -0.39 is 28.4 Å². The third-order valence-corrected chi connectivity index (χ3v) is 3.53. The lowest BCUT2D eigenvalue weighted by Gasteiger charge is -2.06. The summed E-state index contributed by atoms with van der Waals surface area (Å²) in [5.41, 5.74) is 0.370. The van der Waals surface area contributed by atoms with Crippen LogP contribution >= 0.6 is 0 Å². The van der Waals surface area contributed by atoms with Crippen molar-refractivity contribution >= 4 is 17.6 Å². The first-order chi connectivity index (χ1) is 12.0. The summed E-state index contributed by atoms with van der Waals surface area (Å²) >= 11 is 0. The number of benzene rings is 2. The predicted octanol–water partition coefficient (Wildman–Crippen LogP) is 2.62. The van der Waals surface area contributed by atoms with Gasteiger partial charge in [0.05, 0.1) is 11.0 Å². The van der Waals surface area contributed by atoms with Crippen LogP contribution in [-0.4, -0.2) is 29.4 Å². The highest BCUT2D eigenvalue weighted by molar-refractivity contribution is 6.00. The van der Waals surface area contributed by atoms with Crippen molar-refractivity contribution in [3.05, 3.63) is 75.6 Å². The molecule has 1 heterocycles. The highest BCUT2D eigenvalue weighted by Crippen LogP contribution is 2.24. The van der Waals surface area contributed by atoms with Crippen molar-refractivity contribution in [1.29, 1.82) is 0 Å². The Balaban J connectivity index is 1.72.